The Balaban J connectivity index is 0.00000192. The number of hydrogen-bond donors (Lipinski definition) is 2. The van der Waals surface area contributed by atoms with E-state index in [0.717, 1.165) is 50.1 Å². The van der Waals surface area contributed by atoms with Crippen LogP contribution in [0.3, 0.4) is 0 Å². The maximum Gasteiger partial charge on any atom is 0.227 e. The lowest BCUT2D eigenvalue weighted by atomic mass is 9.99. The predicted octanol–water partition coefficient (Wildman–Crippen LogP) is 1.85. The van der Waals surface area contributed by atoms with Crippen molar-refractivity contribution in [3.63, 3.8) is 0 Å². The first kappa shape index (κ1) is 17.8. The van der Waals surface area contributed by atoms with Gasteiger partial charge in [-0.05, 0) is 43.5 Å². The molecule has 0 aliphatic carbocycles. The number of benzene rings is 1. The molecule has 2 N–H and O–H groups in total. The van der Waals surface area contributed by atoms with Gasteiger partial charge in [-0.3, -0.25) is 9.59 Å². The van der Waals surface area contributed by atoms with Crippen LogP contribution in [0, 0.1) is 5.92 Å². The summed E-state index contributed by atoms with van der Waals surface area (Å²) in [6, 6.07) is 7.90. The molecule has 2 fully saturated rings. The normalized spacial score (nSPS) is 21.0. The quantitative estimate of drug-likeness (QED) is 0.881. The van der Waals surface area contributed by atoms with Crippen molar-refractivity contribution in [1.29, 1.82) is 0 Å². The molecule has 0 saturated carbocycles. The number of amides is 2. The summed E-state index contributed by atoms with van der Waals surface area (Å²) >= 11 is 0. The first-order chi connectivity index (χ1) is 10.7. The van der Waals surface area contributed by atoms with E-state index in [1.54, 1.807) is 0 Å². The van der Waals surface area contributed by atoms with Gasteiger partial charge in [0, 0.05) is 31.7 Å². The lowest BCUT2D eigenvalue weighted by molar-refractivity contribution is -0.125. The molecule has 1 unspecified atom stereocenters. The van der Waals surface area contributed by atoms with Crippen molar-refractivity contribution >= 4 is 29.9 Å². The lowest BCUT2D eigenvalue weighted by Gasteiger charge is -2.22. The molecule has 126 valence electrons. The van der Waals surface area contributed by atoms with E-state index in [9.17, 15) is 9.59 Å². The van der Waals surface area contributed by atoms with Crippen molar-refractivity contribution in [2.24, 2.45) is 5.92 Å². The molecule has 0 bridgehead atoms. The molecule has 1 aromatic carbocycles. The van der Waals surface area contributed by atoms with E-state index >= 15 is 0 Å². The number of piperidine rings is 1. The lowest BCUT2D eigenvalue weighted by Crippen LogP contribution is -2.40. The third-order valence-electron chi connectivity index (χ3n) is 4.43. The molecule has 2 heterocycles. The fraction of sp³-hybridized carbons (Fsp3) is 0.529. The molecule has 1 aromatic rings. The van der Waals surface area contributed by atoms with Gasteiger partial charge in [0.1, 0.15) is 0 Å². The van der Waals surface area contributed by atoms with E-state index in [0.29, 0.717) is 13.0 Å². The zero-order valence-electron chi connectivity index (χ0n) is 13.2. The van der Waals surface area contributed by atoms with Crippen LogP contribution >= 0.6 is 12.4 Å². The highest BCUT2D eigenvalue weighted by Gasteiger charge is 2.22. The SMILES string of the molecule is Cl.O=C(NCc1cccc(N2CCCC2=O)c1)C1CCCNC1. The van der Waals surface area contributed by atoms with Gasteiger partial charge < -0.3 is 15.5 Å². The van der Waals surface area contributed by atoms with Gasteiger partial charge in [-0.2, -0.15) is 0 Å². The van der Waals surface area contributed by atoms with E-state index in [1.807, 2.05) is 29.2 Å². The number of nitrogens with one attached hydrogen (secondary N) is 2. The van der Waals surface area contributed by atoms with E-state index in [4.69, 9.17) is 0 Å². The van der Waals surface area contributed by atoms with Gasteiger partial charge in [0.25, 0.3) is 0 Å². The van der Waals surface area contributed by atoms with Crippen LogP contribution in [0.2, 0.25) is 0 Å². The molecular formula is C17H24ClN3O2. The molecule has 3 rings (SSSR count). The van der Waals surface area contributed by atoms with E-state index in [1.165, 1.54) is 0 Å². The average Bonchev–Trinajstić information content (AvgIpc) is 3.00. The predicted molar refractivity (Wildman–Crippen MR) is 92.7 cm³/mol. The summed E-state index contributed by atoms with van der Waals surface area (Å²) in [7, 11) is 0. The Hall–Kier alpha value is -1.59. The molecule has 0 spiro atoms. The summed E-state index contributed by atoms with van der Waals surface area (Å²) in [5.41, 5.74) is 1.97. The second-order valence-corrected chi connectivity index (χ2v) is 6.08. The van der Waals surface area contributed by atoms with Gasteiger partial charge in [-0.25, -0.2) is 0 Å². The highest BCUT2D eigenvalue weighted by atomic mass is 35.5. The number of rotatable bonds is 4. The van der Waals surface area contributed by atoms with Gasteiger partial charge in [0.2, 0.25) is 11.8 Å². The minimum absolute atomic E-state index is 0. The Morgan fingerprint density at radius 2 is 2.22 bits per heavy atom. The minimum atomic E-state index is 0. The van der Waals surface area contributed by atoms with Crippen molar-refractivity contribution < 1.29 is 9.59 Å². The highest BCUT2D eigenvalue weighted by molar-refractivity contribution is 5.95. The highest BCUT2D eigenvalue weighted by Crippen LogP contribution is 2.22. The van der Waals surface area contributed by atoms with Gasteiger partial charge in [-0.15, -0.1) is 12.4 Å². The second-order valence-electron chi connectivity index (χ2n) is 6.08. The second kappa shape index (κ2) is 8.31. The fourth-order valence-corrected chi connectivity index (χ4v) is 3.16. The zero-order valence-corrected chi connectivity index (χ0v) is 14.0. The van der Waals surface area contributed by atoms with E-state index < -0.39 is 0 Å². The first-order valence-corrected chi connectivity index (χ1v) is 8.12. The van der Waals surface area contributed by atoms with Crippen molar-refractivity contribution in [1.82, 2.24) is 10.6 Å². The van der Waals surface area contributed by atoms with Crippen LogP contribution in [0.4, 0.5) is 5.69 Å². The number of halogens is 1. The standard InChI is InChI=1S/C17H23N3O2.ClH/c21-16-7-3-9-20(16)15-6-1-4-13(10-15)11-19-17(22)14-5-2-8-18-12-14;/h1,4,6,10,14,18H,2-3,5,7-9,11-12H2,(H,19,22);1H. The smallest absolute Gasteiger partial charge is 0.227 e. The average molecular weight is 338 g/mol. The van der Waals surface area contributed by atoms with Crippen LogP contribution in [0.5, 0.6) is 0 Å². The van der Waals surface area contributed by atoms with Crippen molar-refractivity contribution in [2.45, 2.75) is 32.2 Å². The third-order valence-corrected chi connectivity index (χ3v) is 4.43. The zero-order chi connectivity index (χ0) is 15.4. The first-order valence-electron chi connectivity index (χ1n) is 8.12. The van der Waals surface area contributed by atoms with Gasteiger partial charge in [0.05, 0.1) is 5.92 Å². The monoisotopic (exact) mass is 337 g/mol. The number of anilines is 1. The molecule has 2 saturated heterocycles. The molecule has 6 heteroatoms. The van der Waals surface area contributed by atoms with Crippen LogP contribution in [0.25, 0.3) is 0 Å². The number of hydrogen-bond acceptors (Lipinski definition) is 3. The molecule has 5 nitrogen and oxygen atoms in total. The van der Waals surface area contributed by atoms with Crippen LogP contribution in [0.15, 0.2) is 24.3 Å². The van der Waals surface area contributed by atoms with E-state index in [2.05, 4.69) is 10.6 Å². The molecule has 2 aliphatic heterocycles. The van der Waals surface area contributed by atoms with Gasteiger partial charge >= 0.3 is 0 Å². The summed E-state index contributed by atoms with van der Waals surface area (Å²) in [6.07, 6.45) is 3.58. The maximum absolute atomic E-state index is 12.1. The Labute approximate surface area is 143 Å². The van der Waals surface area contributed by atoms with Crippen LogP contribution < -0.4 is 15.5 Å². The molecule has 2 aliphatic rings. The van der Waals surface area contributed by atoms with Crippen molar-refractivity contribution in [3.8, 4) is 0 Å². The number of carbonyl (C=O) groups is 2. The molecule has 1 atom stereocenters. The molecule has 23 heavy (non-hydrogen) atoms. The fourth-order valence-electron chi connectivity index (χ4n) is 3.16. The maximum atomic E-state index is 12.1. The summed E-state index contributed by atoms with van der Waals surface area (Å²) in [4.78, 5) is 25.8. The Morgan fingerprint density at radius 1 is 1.35 bits per heavy atom. The summed E-state index contributed by atoms with van der Waals surface area (Å²) in [6.45, 7) is 3.09. The van der Waals surface area contributed by atoms with Crippen LogP contribution in [-0.4, -0.2) is 31.4 Å². The topological polar surface area (TPSA) is 61.4 Å². The Bertz CT molecular complexity index is 559. The molecule has 0 aromatic heterocycles. The van der Waals surface area contributed by atoms with Crippen LogP contribution in [-0.2, 0) is 16.1 Å². The molecular weight excluding hydrogens is 314 g/mol. The molecule has 0 radical (unpaired) electrons. The largest absolute Gasteiger partial charge is 0.352 e. The molecule has 2 amide bonds. The Kier molecular flexibility index (Phi) is 6.42. The number of nitrogens with zero attached hydrogens (tertiary/aromatic N) is 1. The summed E-state index contributed by atoms with van der Waals surface area (Å²) in [5.74, 6) is 0.390. The van der Waals surface area contributed by atoms with Crippen LogP contribution in [0.1, 0.15) is 31.2 Å². The number of carbonyl (C=O) groups excluding carboxylic acids is 2. The van der Waals surface area contributed by atoms with Gasteiger partial charge in [-0.1, -0.05) is 12.1 Å². The van der Waals surface area contributed by atoms with Crippen molar-refractivity contribution in [2.75, 3.05) is 24.5 Å². The Morgan fingerprint density at radius 3 is 2.91 bits per heavy atom. The van der Waals surface area contributed by atoms with E-state index in [-0.39, 0.29) is 30.1 Å². The van der Waals surface area contributed by atoms with Crippen molar-refractivity contribution in [3.05, 3.63) is 29.8 Å². The summed E-state index contributed by atoms with van der Waals surface area (Å²) in [5, 5.41) is 6.28. The summed E-state index contributed by atoms with van der Waals surface area (Å²) < 4.78 is 0. The minimum Gasteiger partial charge on any atom is -0.352 e. The third kappa shape index (κ3) is 4.45. The van der Waals surface area contributed by atoms with Gasteiger partial charge in [0.15, 0.2) is 0 Å².